The quantitative estimate of drug-likeness (QED) is 0.744. The Hall–Kier alpha value is -2.04. The van der Waals surface area contributed by atoms with Gasteiger partial charge in [-0.15, -0.1) is 0 Å². The molecule has 0 fully saturated rings. The van der Waals surface area contributed by atoms with Crippen molar-refractivity contribution in [1.29, 1.82) is 0 Å². The van der Waals surface area contributed by atoms with Crippen molar-refractivity contribution in [2.75, 3.05) is 11.9 Å². The summed E-state index contributed by atoms with van der Waals surface area (Å²) in [7, 11) is 0. The summed E-state index contributed by atoms with van der Waals surface area (Å²) in [6.07, 6.45) is -0.0828. The second-order valence-corrected chi connectivity index (χ2v) is 5.80. The normalized spacial score (nSPS) is 12.6. The topological polar surface area (TPSA) is 78.4 Å². The van der Waals surface area contributed by atoms with Gasteiger partial charge in [0.25, 0.3) is 0 Å². The van der Waals surface area contributed by atoms with Gasteiger partial charge in [0.1, 0.15) is 0 Å². The van der Waals surface area contributed by atoms with Gasteiger partial charge in [0.05, 0.1) is 13.0 Å². The molecule has 1 aromatic carbocycles. The molecule has 0 aliphatic carbocycles. The molecular weight excluding hydrogens is 256 g/mol. The number of carbonyl (C=O) groups excluding carboxylic acids is 1. The van der Waals surface area contributed by atoms with Crippen molar-refractivity contribution in [3.63, 3.8) is 0 Å². The molecule has 1 unspecified atom stereocenters. The predicted octanol–water partition coefficient (Wildman–Crippen LogP) is 2.10. The SMILES string of the molecule is CC(C)(C)C(CC(=O)O)NC(=O)CNc1ccccc1. The van der Waals surface area contributed by atoms with Gasteiger partial charge in [-0.05, 0) is 17.5 Å². The zero-order valence-electron chi connectivity index (χ0n) is 12.1. The molecule has 0 aliphatic rings. The van der Waals surface area contributed by atoms with Crippen molar-refractivity contribution in [2.24, 2.45) is 5.41 Å². The summed E-state index contributed by atoms with van der Waals surface area (Å²) >= 11 is 0. The Morgan fingerprint density at radius 3 is 2.30 bits per heavy atom. The van der Waals surface area contributed by atoms with E-state index in [9.17, 15) is 9.59 Å². The van der Waals surface area contributed by atoms with E-state index in [1.54, 1.807) is 0 Å². The Balaban J connectivity index is 2.52. The summed E-state index contributed by atoms with van der Waals surface area (Å²) in [5.41, 5.74) is 0.550. The van der Waals surface area contributed by atoms with Gasteiger partial charge in [-0.2, -0.15) is 0 Å². The molecule has 0 saturated heterocycles. The van der Waals surface area contributed by atoms with Crippen LogP contribution in [0, 0.1) is 5.41 Å². The van der Waals surface area contributed by atoms with E-state index in [0.29, 0.717) is 0 Å². The second kappa shape index (κ2) is 6.93. The van der Waals surface area contributed by atoms with Crippen LogP contribution in [0.2, 0.25) is 0 Å². The summed E-state index contributed by atoms with van der Waals surface area (Å²) in [6.45, 7) is 5.85. The van der Waals surface area contributed by atoms with Crippen LogP contribution in [0.15, 0.2) is 30.3 Å². The summed E-state index contributed by atoms with van der Waals surface area (Å²) < 4.78 is 0. The molecule has 20 heavy (non-hydrogen) atoms. The number of carboxylic acid groups (broad SMARTS) is 1. The first-order valence-corrected chi connectivity index (χ1v) is 6.59. The van der Waals surface area contributed by atoms with E-state index in [-0.39, 0.29) is 24.3 Å². The number of hydrogen-bond acceptors (Lipinski definition) is 3. The molecule has 0 radical (unpaired) electrons. The number of rotatable bonds is 6. The van der Waals surface area contributed by atoms with Gasteiger partial charge >= 0.3 is 5.97 Å². The lowest BCUT2D eigenvalue weighted by Gasteiger charge is -2.30. The summed E-state index contributed by atoms with van der Waals surface area (Å²) in [6, 6.07) is 8.99. The van der Waals surface area contributed by atoms with Crippen LogP contribution in [-0.4, -0.2) is 29.6 Å². The van der Waals surface area contributed by atoms with E-state index in [0.717, 1.165) is 5.69 Å². The fraction of sp³-hybridized carbons (Fsp3) is 0.467. The third-order valence-electron chi connectivity index (χ3n) is 2.99. The molecule has 0 spiro atoms. The minimum absolute atomic E-state index is 0.0828. The van der Waals surface area contributed by atoms with Crippen LogP contribution in [0.3, 0.4) is 0 Å². The van der Waals surface area contributed by atoms with Crippen LogP contribution in [0.4, 0.5) is 5.69 Å². The van der Waals surface area contributed by atoms with Crippen molar-refractivity contribution in [3.8, 4) is 0 Å². The average Bonchev–Trinajstić information content (AvgIpc) is 2.35. The van der Waals surface area contributed by atoms with Crippen LogP contribution in [-0.2, 0) is 9.59 Å². The largest absolute Gasteiger partial charge is 0.481 e. The molecule has 1 atom stereocenters. The average molecular weight is 278 g/mol. The summed E-state index contributed by atoms with van der Waals surface area (Å²) in [5.74, 6) is -1.13. The highest BCUT2D eigenvalue weighted by atomic mass is 16.4. The Morgan fingerprint density at radius 1 is 1.20 bits per heavy atom. The van der Waals surface area contributed by atoms with E-state index in [1.807, 2.05) is 51.1 Å². The summed E-state index contributed by atoms with van der Waals surface area (Å²) in [4.78, 5) is 22.7. The van der Waals surface area contributed by atoms with Crippen molar-refractivity contribution < 1.29 is 14.7 Å². The van der Waals surface area contributed by atoms with Crippen LogP contribution in [0.25, 0.3) is 0 Å². The highest BCUT2D eigenvalue weighted by Gasteiger charge is 2.28. The Morgan fingerprint density at radius 2 is 1.80 bits per heavy atom. The number of carboxylic acids is 1. The Labute approximate surface area is 119 Å². The molecule has 0 aliphatic heterocycles. The number of carbonyl (C=O) groups is 2. The molecule has 3 N–H and O–H groups in total. The Kier molecular flexibility index (Phi) is 5.55. The van der Waals surface area contributed by atoms with Gasteiger partial charge in [0, 0.05) is 11.7 Å². The number of para-hydroxylation sites is 1. The maximum absolute atomic E-state index is 11.9. The van der Waals surface area contributed by atoms with Gasteiger partial charge < -0.3 is 15.7 Å². The third-order valence-corrected chi connectivity index (χ3v) is 2.99. The van der Waals surface area contributed by atoms with Crippen LogP contribution >= 0.6 is 0 Å². The number of benzene rings is 1. The number of hydrogen-bond donors (Lipinski definition) is 3. The Bertz CT molecular complexity index is 452. The predicted molar refractivity (Wildman–Crippen MR) is 78.6 cm³/mol. The van der Waals surface area contributed by atoms with E-state index < -0.39 is 12.0 Å². The van der Waals surface area contributed by atoms with Gasteiger partial charge in [-0.3, -0.25) is 9.59 Å². The van der Waals surface area contributed by atoms with Crippen molar-refractivity contribution in [2.45, 2.75) is 33.2 Å². The van der Waals surface area contributed by atoms with Gasteiger partial charge in [-0.1, -0.05) is 39.0 Å². The van der Waals surface area contributed by atoms with E-state index >= 15 is 0 Å². The highest BCUT2D eigenvalue weighted by molar-refractivity contribution is 5.81. The molecule has 1 aromatic rings. The molecule has 0 heterocycles. The molecule has 5 nitrogen and oxygen atoms in total. The molecule has 110 valence electrons. The standard InChI is InChI=1S/C15H22N2O3/c1-15(2,3)12(9-14(19)20)17-13(18)10-16-11-7-5-4-6-8-11/h4-8,12,16H,9-10H2,1-3H3,(H,17,18)(H,19,20). The van der Waals surface area contributed by atoms with Gasteiger partial charge in [0.15, 0.2) is 0 Å². The number of amides is 1. The van der Waals surface area contributed by atoms with Gasteiger partial charge in [-0.25, -0.2) is 0 Å². The van der Waals surface area contributed by atoms with Crippen molar-refractivity contribution >= 4 is 17.6 Å². The maximum Gasteiger partial charge on any atom is 0.305 e. The second-order valence-electron chi connectivity index (χ2n) is 5.80. The van der Waals surface area contributed by atoms with Crippen molar-refractivity contribution in [1.82, 2.24) is 5.32 Å². The zero-order valence-corrected chi connectivity index (χ0v) is 12.1. The van der Waals surface area contributed by atoms with Crippen LogP contribution in [0.5, 0.6) is 0 Å². The first-order valence-electron chi connectivity index (χ1n) is 6.59. The molecule has 0 bridgehead atoms. The minimum atomic E-state index is -0.916. The van der Waals surface area contributed by atoms with Crippen molar-refractivity contribution in [3.05, 3.63) is 30.3 Å². The monoisotopic (exact) mass is 278 g/mol. The summed E-state index contributed by atoms with van der Waals surface area (Å²) in [5, 5.41) is 14.7. The van der Waals surface area contributed by atoms with E-state index in [2.05, 4.69) is 10.6 Å². The molecule has 0 aromatic heterocycles. The number of anilines is 1. The van der Waals surface area contributed by atoms with E-state index in [4.69, 9.17) is 5.11 Å². The van der Waals surface area contributed by atoms with Crippen LogP contribution in [0.1, 0.15) is 27.2 Å². The fourth-order valence-corrected chi connectivity index (χ4v) is 1.73. The molecule has 1 rings (SSSR count). The first-order chi connectivity index (χ1) is 9.29. The minimum Gasteiger partial charge on any atom is -0.481 e. The zero-order chi connectivity index (χ0) is 15.2. The molecule has 1 amide bonds. The molecule has 0 saturated carbocycles. The maximum atomic E-state index is 11.9. The molecule has 5 heteroatoms. The lowest BCUT2D eigenvalue weighted by molar-refractivity contribution is -0.138. The third kappa shape index (κ3) is 5.73. The first kappa shape index (κ1) is 16.0. The molecular formula is C15H22N2O3. The van der Waals surface area contributed by atoms with E-state index in [1.165, 1.54) is 0 Å². The number of aliphatic carboxylic acids is 1. The number of nitrogens with one attached hydrogen (secondary N) is 2. The highest BCUT2D eigenvalue weighted by Crippen LogP contribution is 2.21. The lowest BCUT2D eigenvalue weighted by Crippen LogP contribution is -2.46. The lowest BCUT2D eigenvalue weighted by atomic mass is 9.84. The smallest absolute Gasteiger partial charge is 0.305 e. The van der Waals surface area contributed by atoms with Gasteiger partial charge in [0.2, 0.25) is 5.91 Å². The fourth-order valence-electron chi connectivity index (χ4n) is 1.73. The van der Waals surface area contributed by atoms with Crippen LogP contribution < -0.4 is 10.6 Å².